The molecular weight excluding hydrogens is 172 g/mol. The van der Waals surface area contributed by atoms with Crippen molar-refractivity contribution >= 4 is 8.56 Å². The van der Waals surface area contributed by atoms with Crippen LogP contribution in [0, 0.1) is 0 Å². The predicted molar refractivity (Wildman–Crippen MR) is 51.1 cm³/mol. The molecule has 74 valence electrons. The number of hydrogen-bond acceptors (Lipinski definition) is 3. The van der Waals surface area contributed by atoms with E-state index in [4.69, 9.17) is 14.0 Å². The first-order chi connectivity index (χ1) is 5.39. The van der Waals surface area contributed by atoms with Crippen LogP contribution in [0.3, 0.4) is 0 Å². The Balaban J connectivity index is 4.04. The predicted octanol–water partition coefficient (Wildman–Crippen LogP) is 1.44. The second-order valence-corrected chi connectivity index (χ2v) is 6.68. The maximum Gasteiger partial charge on any atom is 0.361 e. The molecule has 0 rings (SSSR count). The van der Waals surface area contributed by atoms with Crippen molar-refractivity contribution in [2.24, 2.45) is 0 Å². The molecule has 0 unspecified atom stereocenters. The minimum atomic E-state index is -2.29. The van der Waals surface area contributed by atoms with Crippen molar-refractivity contribution in [2.75, 3.05) is 6.23 Å². The van der Waals surface area contributed by atoms with Crippen LogP contribution in [-0.2, 0) is 8.85 Å². The highest BCUT2D eigenvalue weighted by molar-refractivity contribution is 6.65. The Morgan fingerprint density at radius 1 is 1.08 bits per heavy atom. The molecule has 12 heavy (non-hydrogen) atoms. The average molecular weight is 192 g/mol. The van der Waals surface area contributed by atoms with Gasteiger partial charge in [-0.25, -0.2) is 0 Å². The monoisotopic (exact) mass is 192 g/mol. The summed E-state index contributed by atoms with van der Waals surface area (Å²) in [6.07, 6.45) is 0.253. The van der Waals surface area contributed by atoms with Gasteiger partial charge in [0.1, 0.15) is 0 Å². The Morgan fingerprint density at radius 3 is 1.58 bits per heavy atom. The molecule has 0 spiro atoms. The molecule has 4 heteroatoms. The third kappa shape index (κ3) is 4.87. The summed E-state index contributed by atoms with van der Waals surface area (Å²) in [5.74, 6) is 0. The van der Waals surface area contributed by atoms with Crippen LogP contribution in [0.2, 0.25) is 6.55 Å². The van der Waals surface area contributed by atoms with E-state index >= 15 is 0 Å². The highest BCUT2D eigenvalue weighted by atomic mass is 28.4. The molecule has 0 aliphatic heterocycles. The summed E-state index contributed by atoms with van der Waals surface area (Å²) in [7, 11) is -2.29. The lowest BCUT2D eigenvalue weighted by Crippen LogP contribution is -2.46. The third-order valence-corrected chi connectivity index (χ3v) is 3.77. The smallest absolute Gasteiger partial charge is 0.361 e. The van der Waals surface area contributed by atoms with E-state index in [1.54, 1.807) is 0 Å². The van der Waals surface area contributed by atoms with Gasteiger partial charge in [0.15, 0.2) is 0 Å². The van der Waals surface area contributed by atoms with Crippen LogP contribution >= 0.6 is 0 Å². The van der Waals surface area contributed by atoms with Gasteiger partial charge in [-0.15, -0.1) is 0 Å². The molecule has 0 saturated carbocycles. The van der Waals surface area contributed by atoms with E-state index in [2.05, 4.69) is 0 Å². The van der Waals surface area contributed by atoms with Gasteiger partial charge in [-0.1, -0.05) is 0 Å². The minimum Gasteiger partial charge on any atom is -0.394 e. The summed E-state index contributed by atoms with van der Waals surface area (Å²) >= 11 is 0. The molecule has 0 aromatic rings. The maximum atomic E-state index is 9.09. The zero-order chi connectivity index (χ0) is 9.78. The van der Waals surface area contributed by atoms with Crippen LogP contribution in [0.4, 0.5) is 0 Å². The number of hydrogen-bond donors (Lipinski definition) is 1. The fourth-order valence-electron chi connectivity index (χ4n) is 1.10. The second-order valence-electron chi connectivity index (χ2n) is 3.63. The highest BCUT2D eigenvalue weighted by Gasteiger charge is 2.32. The van der Waals surface area contributed by atoms with Crippen LogP contribution < -0.4 is 0 Å². The quantitative estimate of drug-likeness (QED) is 0.670. The van der Waals surface area contributed by atoms with E-state index in [-0.39, 0.29) is 18.4 Å². The molecule has 0 atom stereocenters. The number of rotatable bonds is 5. The summed E-state index contributed by atoms with van der Waals surface area (Å²) in [5, 5.41) is 9.09. The fourth-order valence-corrected chi connectivity index (χ4v) is 3.30. The van der Waals surface area contributed by atoms with Crippen molar-refractivity contribution in [3.8, 4) is 0 Å². The lowest BCUT2D eigenvalue weighted by molar-refractivity contribution is 0.0912. The lowest BCUT2D eigenvalue weighted by atomic mass is 10.5. The van der Waals surface area contributed by atoms with Crippen LogP contribution in [0.25, 0.3) is 0 Å². The van der Waals surface area contributed by atoms with Gasteiger partial charge in [-0.05, 0) is 34.2 Å². The van der Waals surface area contributed by atoms with Crippen LogP contribution in [0.5, 0.6) is 0 Å². The molecule has 0 heterocycles. The molecule has 0 saturated heterocycles. The zero-order valence-electron chi connectivity index (χ0n) is 8.63. The number of aliphatic hydroxyl groups excluding tert-OH is 1. The Hall–Kier alpha value is 0.0969. The molecule has 0 amide bonds. The third-order valence-electron chi connectivity index (χ3n) is 1.26. The van der Waals surface area contributed by atoms with Crippen molar-refractivity contribution in [3.05, 3.63) is 0 Å². The molecule has 0 radical (unpaired) electrons. The fraction of sp³-hybridized carbons (Fsp3) is 1.00. The summed E-state index contributed by atoms with van der Waals surface area (Å²) in [4.78, 5) is 0. The van der Waals surface area contributed by atoms with Crippen LogP contribution in [-0.4, -0.2) is 32.1 Å². The molecule has 0 aromatic heterocycles. The Bertz CT molecular complexity index is 115. The summed E-state index contributed by atoms with van der Waals surface area (Å²) in [5.41, 5.74) is 0. The van der Waals surface area contributed by atoms with Gasteiger partial charge in [0, 0.05) is 12.2 Å². The van der Waals surface area contributed by atoms with Gasteiger partial charge in [-0.2, -0.15) is 0 Å². The minimum absolute atomic E-state index is 0.0172. The van der Waals surface area contributed by atoms with E-state index < -0.39 is 8.56 Å². The maximum absolute atomic E-state index is 9.09. The standard InChI is InChI=1S/C8H20O3Si/c1-7(2)10-12(5,6-9)11-8(3)4/h7-9H,6H2,1-5H3. The number of aliphatic hydroxyl groups is 1. The van der Waals surface area contributed by atoms with Gasteiger partial charge >= 0.3 is 8.56 Å². The Morgan fingerprint density at radius 2 is 1.42 bits per heavy atom. The second kappa shape index (κ2) is 4.96. The van der Waals surface area contributed by atoms with Crippen molar-refractivity contribution in [1.29, 1.82) is 0 Å². The topological polar surface area (TPSA) is 38.7 Å². The summed E-state index contributed by atoms with van der Waals surface area (Å²) in [6, 6.07) is 0. The first-order valence-electron chi connectivity index (χ1n) is 4.36. The van der Waals surface area contributed by atoms with E-state index in [9.17, 15) is 0 Å². The van der Waals surface area contributed by atoms with Crippen LogP contribution in [0.1, 0.15) is 27.7 Å². The molecule has 0 bridgehead atoms. The van der Waals surface area contributed by atoms with E-state index in [0.29, 0.717) is 0 Å². The lowest BCUT2D eigenvalue weighted by Gasteiger charge is -2.29. The normalized spacial score (nSPS) is 13.0. The van der Waals surface area contributed by atoms with Gasteiger partial charge in [0.25, 0.3) is 0 Å². The van der Waals surface area contributed by atoms with Crippen LogP contribution in [0.15, 0.2) is 0 Å². The van der Waals surface area contributed by atoms with Crippen molar-refractivity contribution < 1.29 is 14.0 Å². The molecule has 0 aromatic carbocycles. The van der Waals surface area contributed by atoms with Gasteiger partial charge in [-0.3, -0.25) is 0 Å². The SMILES string of the molecule is CC(C)O[Si](C)(CO)OC(C)C. The van der Waals surface area contributed by atoms with E-state index in [1.165, 1.54) is 0 Å². The largest absolute Gasteiger partial charge is 0.394 e. The molecule has 0 aliphatic carbocycles. The average Bonchev–Trinajstić information content (AvgIpc) is 1.83. The molecular formula is C8H20O3Si. The summed E-state index contributed by atoms with van der Waals surface area (Å²) < 4.78 is 11.1. The Labute approximate surface area is 75.9 Å². The van der Waals surface area contributed by atoms with Gasteiger partial charge < -0.3 is 14.0 Å². The molecule has 3 nitrogen and oxygen atoms in total. The summed E-state index contributed by atoms with van der Waals surface area (Å²) in [6.45, 7) is 9.68. The molecule has 0 aliphatic rings. The molecule has 0 fully saturated rings. The molecule has 1 N–H and O–H groups in total. The first-order valence-corrected chi connectivity index (χ1v) is 6.88. The van der Waals surface area contributed by atoms with E-state index in [1.807, 2.05) is 34.2 Å². The van der Waals surface area contributed by atoms with Crippen molar-refractivity contribution in [3.63, 3.8) is 0 Å². The van der Waals surface area contributed by atoms with Gasteiger partial charge in [0.05, 0.1) is 6.23 Å². The highest BCUT2D eigenvalue weighted by Crippen LogP contribution is 2.11. The van der Waals surface area contributed by atoms with Crippen molar-refractivity contribution in [1.82, 2.24) is 0 Å². The van der Waals surface area contributed by atoms with Crippen molar-refractivity contribution in [2.45, 2.75) is 46.4 Å². The van der Waals surface area contributed by atoms with E-state index in [0.717, 1.165) is 0 Å². The van der Waals surface area contributed by atoms with Gasteiger partial charge in [0.2, 0.25) is 0 Å². The first kappa shape index (κ1) is 12.1. The Kier molecular flexibility index (Phi) is 5.00. The zero-order valence-corrected chi connectivity index (χ0v) is 9.63.